The van der Waals surface area contributed by atoms with Crippen LogP contribution >= 0.6 is 0 Å². The number of aliphatic carboxylic acids is 1. The second kappa shape index (κ2) is 9.08. The minimum atomic E-state index is -1.13. The van der Waals surface area contributed by atoms with E-state index in [0.29, 0.717) is 12.1 Å². The number of carbonyl (C=O) groups excluding carboxylic acids is 1. The van der Waals surface area contributed by atoms with E-state index in [-0.39, 0.29) is 35.4 Å². The molecule has 3 rings (SSSR count). The van der Waals surface area contributed by atoms with Crippen LogP contribution in [0.1, 0.15) is 29.3 Å². The predicted molar refractivity (Wildman–Crippen MR) is 108 cm³/mol. The normalized spacial score (nSPS) is 17.9. The Morgan fingerprint density at radius 1 is 1.30 bits per heavy atom. The first-order valence-electron chi connectivity index (χ1n) is 9.36. The number of anilines is 1. The van der Waals surface area contributed by atoms with Crippen LogP contribution in [0, 0.1) is 19.1 Å². The van der Waals surface area contributed by atoms with Crippen LogP contribution in [0.25, 0.3) is 5.69 Å². The number of carboxylic acid groups (broad SMARTS) is 1. The molecule has 1 aliphatic rings. The molecule has 0 saturated heterocycles. The van der Waals surface area contributed by atoms with Crippen molar-refractivity contribution in [2.75, 3.05) is 18.4 Å². The van der Waals surface area contributed by atoms with Crippen molar-refractivity contribution in [1.82, 2.24) is 15.1 Å². The van der Waals surface area contributed by atoms with Gasteiger partial charge in [-0.1, -0.05) is 24.3 Å². The molecule has 0 radical (unpaired) electrons. The number of ether oxygens (including phenoxy) is 1. The van der Waals surface area contributed by atoms with Crippen LogP contribution in [0.2, 0.25) is 0 Å². The molecule has 2 aromatic rings. The van der Waals surface area contributed by atoms with Crippen molar-refractivity contribution in [2.24, 2.45) is 0 Å². The standard InChI is InChI=1S/C20H23N4O6/c1-12-20(13(2)23(22-12)16-5-3-4-6-17(16)24(28)29)14-7-8-15(9-14)21-18(25)10-30-11-19(26)27/h3-8,14-15,28H,9-11H2,1-2H3,(H,21,25)(H,26,27)/q-1/t14-,15-/m1/s1. The number of carbonyl (C=O) groups is 2. The summed E-state index contributed by atoms with van der Waals surface area (Å²) in [6.07, 6.45) is 4.49. The van der Waals surface area contributed by atoms with E-state index in [2.05, 4.69) is 10.4 Å². The van der Waals surface area contributed by atoms with E-state index in [9.17, 15) is 20.0 Å². The molecule has 0 saturated carbocycles. The molecule has 1 heterocycles. The van der Waals surface area contributed by atoms with Gasteiger partial charge in [0, 0.05) is 23.2 Å². The molecule has 1 aromatic carbocycles. The van der Waals surface area contributed by atoms with E-state index in [1.165, 1.54) is 6.07 Å². The summed E-state index contributed by atoms with van der Waals surface area (Å²) in [5, 5.41) is 36.6. The van der Waals surface area contributed by atoms with Gasteiger partial charge in [-0.05, 0) is 32.4 Å². The van der Waals surface area contributed by atoms with E-state index in [4.69, 9.17) is 9.84 Å². The molecule has 1 aliphatic carbocycles. The van der Waals surface area contributed by atoms with Crippen LogP contribution in [0.15, 0.2) is 36.4 Å². The fourth-order valence-corrected chi connectivity index (χ4v) is 3.73. The third kappa shape index (κ3) is 4.67. The lowest BCUT2D eigenvalue weighted by Gasteiger charge is -2.24. The molecule has 10 nitrogen and oxygen atoms in total. The van der Waals surface area contributed by atoms with Gasteiger partial charge >= 0.3 is 5.97 Å². The molecule has 0 aliphatic heterocycles. The highest BCUT2D eigenvalue weighted by Gasteiger charge is 2.27. The summed E-state index contributed by atoms with van der Waals surface area (Å²) in [5.74, 6) is -1.51. The number of carboxylic acids is 1. The zero-order valence-corrected chi connectivity index (χ0v) is 16.6. The van der Waals surface area contributed by atoms with Gasteiger partial charge in [-0.15, -0.1) is 0 Å². The van der Waals surface area contributed by atoms with Crippen molar-refractivity contribution in [3.05, 3.63) is 58.6 Å². The number of nitrogens with one attached hydrogen (secondary N) is 1. The fourth-order valence-electron chi connectivity index (χ4n) is 3.73. The Labute approximate surface area is 172 Å². The van der Waals surface area contributed by atoms with Crippen LogP contribution in [0.5, 0.6) is 0 Å². The number of hydrogen-bond acceptors (Lipinski definition) is 7. The lowest BCUT2D eigenvalue weighted by molar-refractivity contribution is -0.143. The number of para-hydroxylation sites is 2. The number of nitrogens with zero attached hydrogens (tertiary/aromatic N) is 3. The van der Waals surface area contributed by atoms with Gasteiger partial charge in [-0.3, -0.25) is 10.0 Å². The van der Waals surface area contributed by atoms with Gasteiger partial charge in [0.25, 0.3) is 0 Å². The van der Waals surface area contributed by atoms with Crippen LogP contribution < -0.4 is 10.5 Å². The van der Waals surface area contributed by atoms with Gasteiger partial charge in [-0.2, -0.15) is 5.10 Å². The number of aryl methyl sites for hydroxylation is 1. The van der Waals surface area contributed by atoms with Crippen molar-refractivity contribution in [3.63, 3.8) is 0 Å². The Kier molecular flexibility index (Phi) is 6.50. The quantitative estimate of drug-likeness (QED) is 0.438. The van der Waals surface area contributed by atoms with Crippen molar-refractivity contribution in [2.45, 2.75) is 32.2 Å². The number of amides is 1. The zero-order valence-electron chi connectivity index (χ0n) is 16.6. The molecule has 1 amide bonds. The summed E-state index contributed by atoms with van der Waals surface area (Å²) in [6, 6.07) is 6.40. The van der Waals surface area contributed by atoms with Crippen LogP contribution in [0.4, 0.5) is 5.69 Å². The second-order valence-corrected chi connectivity index (χ2v) is 7.05. The fraction of sp³-hybridized carbons (Fsp3) is 0.350. The van der Waals surface area contributed by atoms with Crippen LogP contribution in [-0.4, -0.2) is 51.2 Å². The SMILES string of the molecule is Cc1nn(-c2ccccc2N([O-])O)c(C)c1[C@@H]1C=C[C@@H](NC(=O)COCC(=O)O)C1. The van der Waals surface area contributed by atoms with E-state index >= 15 is 0 Å². The summed E-state index contributed by atoms with van der Waals surface area (Å²) >= 11 is 0. The Morgan fingerprint density at radius 3 is 2.73 bits per heavy atom. The summed E-state index contributed by atoms with van der Waals surface area (Å²) in [5.41, 5.74) is 3.14. The third-order valence-electron chi connectivity index (χ3n) is 4.92. The molecule has 1 aromatic heterocycles. The van der Waals surface area contributed by atoms with Crippen molar-refractivity contribution >= 4 is 17.6 Å². The summed E-state index contributed by atoms with van der Waals surface area (Å²) in [4.78, 5) is 22.4. The van der Waals surface area contributed by atoms with Crippen LogP contribution in [0.3, 0.4) is 0 Å². The average molecular weight is 415 g/mol. The van der Waals surface area contributed by atoms with Gasteiger partial charge in [0.1, 0.15) is 13.2 Å². The molecule has 3 N–H and O–H groups in total. The highest BCUT2D eigenvalue weighted by molar-refractivity contribution is 5.78. The molecule has 2 atom stereocenters. The van der Waals surface area contributed by atoms with E-state index in [1.54, 1.807) is 22.9 Å². The third-order valence-corrected chi connectivity index (χ3v) is 4.92. The number of allylic oxidation sites excluding steroid dienone is 1. The average Bonchev–Trinajstić information content (AvgIpc) is 3.24. The van der Waals surface area contributed by atoms with Crippen molar-refractivity contribution < 1.29 is 24.6 Å². The summed E-state index contributed by atoms with van der Waals surface area (Å²) in [6.45, 7) is 2.91. The number of rotatable bonds is 8. The van der Waals surface area contributed by atoms with Gasteiger partial charge in [0.05, 0.1) is 17.1 Å². The number of hydrogen-bond donors (Lipinski definition) is 3. The van der Waals surface area contributed by atoms with E-state index in [1.807, 2.05) is 26.0 Å². The Balaban J connectivity index is 1.72. The lowest BCUT2D eigenvalue weighted by atomic mass is 9.96. The topological polar surface area (TPSA) is 140 Å². The minimum Gasteiger partial charge on any atom is -0.733 e. The molecular formula is C20H23N4O6-. The van der Waals surface area contributed by atoms with E-state index < -0.39 is 12.6 Å². The summed E-state index contributed by atoms with van der Waals surface area (Å²) < 4.78 is 6.43. The van der Waals surface area contributed by atoms with Gasteiger partial charge in [0.15, 0.2) is 0 Å². The van der Waals surface area contributed by atoms with E-state index in [0.717, 1.165) is 17.0 Å². The second-order valence-electron chi connectivity index (χ2n) is 7.05. The largest absolute Gasteiger partial charge is 0.733 e. The van der Waals surface area contributed by atoms with Gasteiger partial charge in [0.2, 0.25) is 5.91 Å². The highest BCUT2D eigenvalue weighted by atomic mass is 16.8. The Morgan fingerprint density at radius 2 is 2.03 bits per heavy atom. The number of benzene rings is 1. The first-order chi connectivity index (χ1) is 14.3. The Bertz CT molecular complexity index is 968. The maximum atomic E-state index is 11.9. The van der Waals surface area contributed by atoms with Gasteiger partial charge < -0.3 is 25.6 Å². The molecule has 0 bridgehead atoms. The molecule has 10 heteroatoms. The molecular weight excluding hydrogens is 392 g/mol. The van der Waals surface area contributed by atoms with Crippen LogP contribution in [-0.2, 0) is 14.3 Å². The van der Waals surface area contributed by atoms with Crippen molar-refractivity contribution in [3.8, 4) is 5.69 Å². The maximum absolute atomic E-state index is 11.9. The molecule has 0 fully saturated rings. The lowest BCUT2D eigenvalue weighted by Crippen LogP contribution is -2.35. The smallest absolute Gasteiger partial charge is 0.329 e. The molecule has 30 heavy (non-hydrogen) atoms. The van der Waals surface area contributed by atoms with Gasteiger partial charge in [-0.25, -0.2) is 9.48 Å². The first kappa shape index (κ1) is 21.5. The summed E-state index contributed by atoms with van der Waals surface area (Å²) in [7, 11) is 0. The maximum Gasteiger partial charge on any atom is 0.329 e. The first-order valence-corrected chi connectivity index (χ1v) is 9.36. The molecule has 160 valence electrons. The van der Waals surface area contributed by atoms with Crippen molar-refractivity contribution in [1.29, 1.82) is 0 Å². The number of aromatic nitrogens is 2. The Hall–Kier alpha value is -3.21. The molecule has 0 spiro atoms. The monoisotopic (exact) mass is 415 g/mol. The highest BCUT2D eigenvalue weighted by Crippen LogP contribution is 2.35. The minimum absolute atomic E-state index is 0.00799. The molecule has 0 unspecified atom stereocenters. The zero-order chi connectivity index (χ0) is 21.8. The predicted octanol–water partition coefficient (Wildman–Crippen LogP) is 1.81.